The largest absolute Gasteiger partial charge is 0.479 e. The van der Waals surface area contributed by atoms with Crippen LogP contribution in [0.5, 0.6) is 5.75 Å². The van der Waals surface area contributed by atoms with Crippen LogP contribution in [0.2, 0.25) is 0 Å². The summed E-state index contributed by atoms with van der Waals surface area (Å²) in [6.45, 7) is 5.68. The van der Waals surface area contributed by atoms with Crippen molar-refractivity contribution in [2.24, 2.45) is 0 Å². The summed E-state index contributed by atoms with van der Waals surface area (Å²) in [5.41, 5.74) is 3.50. The molecule has 5 nitrogen and oxygen atoms in total. The molecule has 29 heavy (non-hydrogen) atoms. The second-order valence-electron chi connectivity index (χ2n) is 7.68. The number of hydrogen-bond acceptors (Lipinski definition) is 4. The van der Waals surface area contributed by atoms with Crippen molar-refractivity contribution >= 4 is 17.6 Å². The normalized spacial score (nSPS) is 15.4. The van der Waals surface area contributed by atoms with Crippen LogP contribution in [0.15, 0.2) is 42.5 Å². The van der Waals surface area contributed by atoms with Crippen LogP contribution < -0.4 is 10.1 Å². The SMILES string of the molecule is Cc1cccc(NC(=O)c2ccc(O[C@H](C)C(=O)OC3CCCCC3)cc2)c1C. The van der Waals surface area contributed by atoms with E-state index >= 15 is 0 Å². The van der Waals surface area contributed by atoms with Crippen LogP contribution in [-0.2, 0) is 9.53 Å². The Labute approximate surface area is 172 Å². The van der Waals surface area contributed by atoms with Gasteiger partial charge in [-0.15, -0.1) is 0 Å². The van der Waals surface area contributed by atoms with Crippen molar-refractivity contribution < 1.29 is 19.1 Å². The monoisotopic (exact) mass is 395 g/mol. The van der Waals surface area contributed by atoms with Crippen LogP contribution in [0.1, 0.15) is 60.5 Å². The molecule has 0 aromatic heterocycles. The number of ether oxygens (including phenoxy) is 2. The summed E-state index contributed by atoms with van der Waals surface area (Å²) in [4.78, 5) is 24.8. The minimum atomic E-state index is -0.688. The van der Waals surface area contributed by atoms with Gasteiger partial charge < -0.3 is 14.8 Å². The molecule has 3 rings (SSSR count). The molecule has 154 valence electrons. The molecule has 1 aliphatic carbocycles. The van der Waals surface area contributed by atoms with E-state index < -0.39 is 6.10 Å². The van der Waals surface area contributed by atoms with Crippen molar-refractivity contribution in [1.29, 1.82) is 0 Å². The quantitative estimate of drug-likeness (QED) is 0.683. The highest BCUT2D eigenvalue weighted by molar-refractivity contribution is 6.04. The predicted molar refractivity (Wildman–Crippen MR) is 113 cm³/mol. The van der Waals surface area contributed by atoms with Crippen molar-refractivity contribution in [2.75, 3.05) is 5.32 Å². The van der Waals surface area contributed by atoms with E-state index in [4.69, 9.17) is 9.47 Å². The molecule has 1 saturated carbocycles. The Morgan fingerprint density at radius 2 is 1.69 bits per heavy atom. The fourth-order valence-electron chi connectivity index (χ4n) is 3.46. The average Bonchev–Trinajstić information content (AvgIpc) is 2.72. The Morgan fingerprint density at radius 3 is 2.38 bits per heavy atom. The topological polar surface area (TPSA) is 64.6 Å². The second-order valence-corrected chi connectivity index (χ2v) is 7.68. The fraction of sp³-hybridized carbons (Fsp3) is 0.417. The number of carbonyl (C=O) groups is 2. The fourth-order valence-corrected chi connectivity index (χ4v) is 3.46. The van der Waals surface area contributed by atoms with Crippen molar-refractivity contribution in [3.63, 3.8) is 0 Å². The first-order chi connectivity index (χ1) is 13.9. The standard InChI is InChI=1S/C24H29NO4/c1-16-8-7-11-22(17(16)2)25-23(26)19-12-14-21(15-13-19)28-18(3)24(27)29-20-9-5-4-6-10-20/h7-8,11-15,18,20H,4-6,9-10H2,1-3H3,(H,25,26)/t18-/m1/s1. The molecule has 0 aliphatic heterocycles. The van der Waals surface area contributed by atoms with Gasteiger partial charge in [-0.05, 0) is 87.9 Å². The molecule has 0 unspecified atom stereocenters. The first-order valence-corrected chi connectivity index (χ1v) is 10.3. The van der Waals surface area contributed by atoms with Gasteiger partial charge in [-0.2, -0.15) is 0 Å². The van der Waals surface area contributed by atoms with Crippen molar-refractivity contribution in [1.82, 2.24) is 0 Å². The lowest BCUT2D eigenvalue weighted by Gasteiger charge is -2.23. The maximum absolute atomic E-state index is 12.5. The lowest BCUT2D eigenvalue weighted by Crippen LogP contribution is -2.31. The van der Waals surface area contributed by atoms with E-state index in [1.807, 2.05) is 32.0 Å². The summed E-state index contributed by atoms with van der Waals surface area (Å²) in [5.74, 6) is 0.00466. The second kappa shape index (κ2) is 9.59. The molecule has 0 spiro atoms. The van der Waals surface area contributed by atoms with Gasteiger partial charge in [0.1, 0.15) is 11.9 Å². The summed E-state index contributed by atoms with van der Waals surface area (Å²) in [7, 11) is 0. The number of esters is 1. The Hall–Kier alpha value is -2.82. The highest BCUT2D eigenvalue weighted by Gasteiger charge is 2.23. The number of amides is 1. The third kappa shape index (κ3) is 5.59. The van der Waals surface area contributed by atoms with Gasteiger partial charge in [-0.3, -0.25) is 4.79 Å². The van der Waals surface area contributed by atoms with Crippen LogP contribution in [0.3, 0.4) is 0 Å². The molecule has 2 aromatic rings. The van der Waals surface area contributed by atoms with Crippen molar-refractivity contribution in [3.05, 3.63) is 59.2 Å². The number of benzene rings is 2. The molecule has 5 heteroatoms. The number of anilines is 1. The van der Waals surface area contributed by atoms with E-state index in [1.165, 1.54) is 6.42 Å². The summed E-state index contributed by atoms with van der Waals surface area (Å²) in [5, 5.41) is 2.94. The van der Waals surface area contributed by atoms with E-state index in [1.54, 1.807) is 31.2 Å². The Balaban J connectivity index is 1.55. The number of aryl methyl sites for hydroxylation is 1. The first kappa shape index (κ1) is 20.9. The molecular weight excluding hydrogens is 366 g/mol. The zero-order chi connectivity index (χ0) is 20.8. The third-order valence-electron chi connectivity index (χ3n) is 5.45. The molecule has 0 bridgehead atoms. The molecule has 0 saturated heterocycles. The van der Waals surface area contributed by atoms with Gasteiger partial charge in [0.05, 0.1) is 0 Å². The Morgan fingerprint density at radius 1 is 1.00 bits per heavy atom. The maximum Gasteiger partial charge on any atom is 0.347 e. The molecule has 1 aliphatic rings. The number of rotatable bonds is 6. The van der Waals surface area contributed by atoms with Crippen molar-refractivity contribution in [2.45, 2.75) is 65.1 Å². The molecule has 1 fully saturated rings. The third-order valence-corrected chi connectivity index (χ3v) is 5.45. The minimum Gasteiger partial charge on any atom is -0.479 e. The van der Waals surface area contributed by atoms with Crippen LogP contribution in [0.4, 0.5) is 5.69 Å². The zero-order valence-electron chi connectivity index (χ0n) is 17.4. The molecule has 2 aromatic carbocycles. The maximum atomic E-state index is 12.5. The van der Waals surface area contributed by atoms with Gasteiger partial charge in [-0.1, -0.05) is 18.6 Å². The van der Waals surface area contributed by atoms with Crippen LogP contribution in [0, 0.1) is 13.8 Å². The van der Waals surface area contributed by atoms with E-state index in [0.29, 0.717) is 11.3 Å². The molecule has 0 heterocycles. The van der Waals surface area contributed by atoms with Crippen LogP contribution >= 0.6 is 0 Å². The Bertz CT molecular complexity index is 854. The lowest BCUT2D eigenvalue weighted by molar-refractivity contribution is -0.158. The van der Waals surface area contributed by atoms with Gasteiger partial charge in [0.25, 0.3) is 5.91 Å². The van der Waals surface area contributed by atoms with Gasteiger partial charge in [-0.25, -0.2) is 4.79 Å². The van der Waals surface area contributed by atoms with E-state index in [-0.39, 0.29) is 18.0 Å². The Kier molecular flexibility index (Phi) is 6.91. The molecular formula is C24H29NO4. The van der Waals surface area contributed by atoms with Gasteiger partial charge >= 0.3 is 5.97 Å². The number of carbonyl (C=O) groups excluding carboxylic acids is 2. The van der Waals surface area contributed by atoms with Crippen molar-refractivity contribution in [3.8, 4) is 5.75 Å². The average molecular weight is 395 g/mol. The molecule has 1 N–H and O–H groups in total. The van der Waals surface area contributed by atoms with Gasteiger partial charge in [0.2, 0.25) is 0 Å². The number of hydrogen-bond donors (Lipinski definition) is 1. The molecule has 1 amide bonds. The smallest absolute Gasteiger partial charge is 0.347 e. The highest BCUT2D eigenvalue weighted by Crippen LogP contribution is 2.22. The highest BCUT2D eigenvalue weighted by atomic mass is 16.6. The lowest BCUT2D eigenvalue weighted by atomic mass is 9.98. The summed E-state index contributed by atoms with van der Waals surface area (Å²) >= 11 is 0. The first-order valence-electron chi connectivity index (χ1n) is 10.3. The summed E-state index contributed by atoms with van der Waals surface area (Å²) in [6, 6.07) is 12.6. The summed E-state index contributed by atoms with van der Waals surface area (Å²) < 4.78 is 11.2. The van der Waals surface area contributed by atoms with Crippen LogP contribution in [0.25, 0.3) is 0 Å². The van der Waals surface area contributed by atoms with Gasteiger partial charge in [0.15, 0.2) is 6.10 Å². The number of nitrogens with one attached hydrogen (secondary N) is 1. The van der Waals surface area contributed by atoms with Gasteiger partial charge in [0, 0.05) is 11.3 Å². The predicted octanol–water partition coefficient (Wildman–Crippen LogP) is 5.20. The van der Waals surface area contributed by atoms with E-state index in [0.717, 1.165) is 42.5 Å². The van der Waals surface area contributed by atoms with Crippen LogP contribution in [-0.4, -0.2) is 24.1 Å². The summed E-state index contributed by atoms with van der Waals surface area (Å²) in [6.07, 6.45) is 4.62. The van der Waals surface area contributed by atoms with E-state index in [9.17, 15) is 9.59 Å². The zero-order valence-corrected chi connectivity index (χ0v) is 17.4. The minimum absolute atomic E-state index is 0.0125. The molecule has 1 atom stereocenters. The van der Waals surface area contributed by atoms with E-state index in [2.05, 4.69) is 5.32 Å². The molecule has 0 radical (unpaired) electrons.